The second-order valence-electron chi connectivity index (χ2n) is 4.60. The Balaban J connectivity index is 2.20. The minimum atomic E-state index is -0.365. The number of nitrogens with zero attached hydrogens (tertiary/aromatic N) is 1. The van der Waals surface area contributed by atoms with Gasteiger partial charge in [0.1, 0.15) is 5.82 Å². The second kappa shape index (κ2) is 5.17. The molecule has 0 aliphatic rings. The van der Waals surface area contributed by atoms with E-state index in [2.05, 4.69) is 36.4 Å². The van der Waals surface area contributed by atoms with E-state index in [1.165, 1.54) is 0 Å². The van der Waals surface area contributed by atoms with Crippen LogP contribution in [-0.4, -0.2) is 15.2 Å². The van der Waals surface area contributed by atoms with Gasteiger partial charge in [-0.25, -0.2) is 4.98 Å². The van der Waals surface area contributed by atoms with Gasteiger partial charge in [0.2, 0.25) is 0 Å². The summed E-state index contributed by atoms with van der Waals surface area (Å²) >= 11 is 3.42. The van der Waals surface area contributed by atoms with Crippen LogP contribution in [0.1, 0.15) is 5.56 Å². The van der Waals surface area contributed by atoms with Crippen molar-refractivity contribution in [3.63, 3.8) is 0 Å². The lowest BCUT2D eigenvalue weighted by Gasteiger charge is -2.10. The molecule has 0 aliphatic carbocycles. The number of anilines is 2. The lowest BCUT2D eigenvalue weighted by Crippen LogP contribution is -2.19. The van der Waals surface area contributed by atoms with Crippen molar-refractivity contribution < 1.29 is 0 Å². The number of nitrogens with one attached hydrogen (secondary N) is 3. The lowest BCUT2D eigenvalue weighted by atomic mass is 10.1. The van der Waals surface area contributed by atoms with Gasteiger partial charge in [0.05, 0.1) is 20.9 Å². The third-order valence-corrected chi connectivity index (χ3v) is 3.66. The molecule has 0 spiro atoms. The predicted octanol–water partition coefficient (Wildman–Crippen LogP) is 2.43. The normalized spacial score (nSPS) is 10.8. The van der Waals surface area contributed by atoms with Gasteiger partial charge < -0.3 is 5.32 Å². The van der Waals surface area contributed by atoms with Gasteiger partial charge in [-0.1, -0.05) is 6.07 Å². The quantitative estimate of drug-likeness (QED) is 0.664. The van der Waals surface area contributed by atoms with Crippen molar-refractivity contribution in [2.45, 2.75) is 6.92 Å². The molecular formula is C14H11BrN4O2. The van der Waals surface area contributed by atoms with Crippen LogP contribution in [0, 0.1) is 6.92 Å². The van der Waals surface area contributed by atoms with Crippen LogP contribution in [-0.2, 0) is 0 Å². The number of H-pyrrole nitrogens is 2. The highest BCUT2D eigenvalue weighted by molar-refractivity contribution is 9.10. The first-order chi connectivity index (χ1) is 10.1. The number of fused-ring (bicyclic) bond motifs is 1. The van der Waals surface area contributed by atoms with Crippen LogP contribution in [0.5, 0.6) is 0 Å². The van der Waals surface area contributed by atoms with Crippen LogP contribution in [0.25, 0.3) is 10.8 Å². The zero-order valence-electron chi connectivity index (χ0n) is 11.0. The molecule has 3 aromatic rings. The van der Waals surface area contributed by atoms with Crippen LogP contribution >= 0.6 is 15.9 Å². The summed E-state index contributed by atoms with van der Waals surface area (Å²) in [6.45, 7) is 1.93. The summed E-state index contributed by atoms with van der Waals surface area (Å²) in [5.41, 5.74) is 0.830. The Morgan fingerprint density at radius 3 is 2.71 bits per heavy atom. The summed E-state index contributed by atoms with van der Waals surface area (Å²) in [5.74, 6) is 0.577. The average Bonchev–Trinajstić information content (AvgIpc) is 2.46. The Morgan fingerprint density at radius 1 is 1.19 bits per heavy atom. The molecule has 106 valence electrons. The fourth-order valence-electron chi connectivity index (χ4n) is 2.09. The van der Waals surface area contributed by atoms with Gasteiger partial charge in [-0.2, -0.15) is 0 Å². The molecule has 7 heteroatoms. The maximum absolute atomic E-state index is 12.0. The number of aromatic nitrogens is 3. The number of benzene rings is 1. The maximum atomic E-state index is 12.0. The summed E-state index contributed by atoms with van der Waals surface area (Å²) in [5, 5.41) is 8.34. The second-order valence-corrected chi connectivity index (χ2v) is 5.46. The minimum Gasteiger partial charge on any atom is -0.339 e. The van der Waals surface area contributed by atoms with Crippen molar-refractivity contribution in [1.82, 2.24) is 15.2 Å². The number of hydrogen-bond acceptors (Lipinski definition) is 4. The van der Waals surface area contributed by atoms with Crippen molar-refractivity contribution >= 4 is 38.2 Å². The van der Waals surface area contributed by atoms with Crippen LogP contribution in [0.4, 0.5) is 11.5 Å². The van der Waals surface area contributed by atoms with Crippen molar-refractivity contribution in [3.8, 4) is 0 Å². The Morgan fingerprint density at radius 2 is 1.95 bits per heavy atom. The van der Waals surface area contributed by atoms with Gasteiger partial charge in [0.15, 0.2) is 0 Å². The summed E-state index contributed by atoms with van der Waals surface area (Å²) < 4.78 is 0.778. The smallest absolute Gasteiger partial charge is 0.272 e. The SMILES string of the molecule is Cc1cnc(Nc2cccc3c(=O)[nH][nH]c(=O)c23)c(Br)c1. The van der Waals surface area contributed by atoms with E-state index in [1.807, 2.05) is 13.0 Å². The molecular weight excluding hydrogens is 336 g/mol. The number of pyridine rings is 1. The first-order valence-electron chi connectivity index (χ1n) is 6.19. The van der Waals surface area contributed by atoms with Crippen molar-refractivity contribution in [1.29, 1.82) is 0 Å². The molecule has 0 radical (unpaired) electrons. The van der Waals surface area contributed by atoms with E-state index in [1.54, 1.807) is 24.4 Å². The van der Waals surface area contributed by atoms with E-state index in [4.69, 9.17) is 0 Å². The molecule has 21 heavy (non-hydrogen) atoms. The molecule has 0 saturated heterocycles. The van der Waals surface area contributed by atoms with Crippen LogP contribution in [0.2, 0.25) is 0 Å². The van der Waals surface area contributed by atoms with Crippen molar-refractivity contribution in [2.24, 2.45) is 0 Å². The maximum Gasteiger partial charge on any atom is 0.272 e. The Hall–Kier alpha value is -2.41. The van der Waals surface area contributed by atoms with Crippen LogP contribution < -0.4 is 16.4 Å². The number of hydrogen-bond donors (Lipinski definition) is 3. The Bertz CT molecular complexity index is 946. The van der Waals surface area contributed by atoms with E-state index >= 15 is 0 Å². The summed E-state index contributed by atoms with van der Waals surface area (Å²) in [4.78, 5) is 28.0. The monoisotopic (exact) mass is 346 g/mol. The molecule has 1 aromatic carbocycles. The number of halogens is 1. The first-order valence-corrected chi connectivity index (χ1v) is 6.98. The Labute approximate surface area is 127 Å². The summed E-state index contributed by atoms with van der Waals surface area (Å²) in [7, 11) is 0. The zero-order chi connectivity index (χ0) is 15.0. The zero-order valence-corrected chi connectivity index (χ0v) is 12.6. The highest BCUT2D eigenvalue weighted by Gasteiger charge is 2.10. The van der Waals surface area contributed by atoms with Gasteiger partial charge in [-0.15, -0.1) is 0 Å². The molecule has 0 aliphatic heterocycles. The molecule has 3 N–H and O–H groups in total. The summed E-state index contributed by atoms with van der Waals surface area (Å²) in [6, 6.07) is 6.95. The predicted molar refractivity (Wildman–Crippen MR) is 85.1 cm³/mol. The largest absolute Gasteiger partial charge is 0.339 e. The first kappa shape index (κ1) is 13.6. The van der Waals surface area contributed by atoms with E-state index in [-0.39, 0.29) is 11.1 Å². The highest BCUT2D eigenvalue weighted by atomic mass is 79.9. The highest BCUT2D eigenvalue weighted by Crippen LogP contribution is 2.26. The third kappa shape index (κ3) is 2.47. The minimum absolute atomic E-state index is 0.301. The van der Waals surface area contributed by atoms with Crippen LogP contribution in [0.3, 0.4) is 0 Å². The van der Waals surface area contributed by atoms with E-state index in [0.29, 0.717) is 22.3 Å². The lowest BCUT2D eigenvalue weighted by molar-refractivity contribution is 0.977. The molecule has 0 unspecified atom stereocenters. The molecule has 2 aromatic heterocycles. The van der Waals surface area contributed by atoms with Gasteiger partial charge >= 0.3 is 0 Å². The molecule has 3 rings (SSSR count). The van der Waals surface area contributed by atoms with Crippen LogP contribution in [0.15, 0.2) is 44.5 Å². The molecule has 0 bridgehead atoms. The van der Waals surface area contributed by atoms with Crippen molar-refractivity contribution in [3.05, 3.63) is 61.2 Å². The molecule has 6 nitrogen and oxygen atoms in total. The van der Waals surface area contributed by atoms with Gasteiger partial charge in [0.25, 0.3) is 11.1 Å². The van der Waals surface area contributed by atoms with E-state index in [0.717, 1.165) is 10.0 Å². The molecule has 0 saturated carbocycles. The average molecular weight is 347 g/mol. The molecule has 0 fully saturated rings. The number of aromatic amines is 2. The third-order valence-electron chi connectivity index (χ3n) is 3.06. The van der Waals surface area contributed by atoms with Gasteiger partial charge in [-0.05, 0) is 46.6 Å². The summed E-state index contributed by atoms with van der Waals surface area (Å²) in [6.07, 6.45) is 1.72. The van der Waals surface area contributed by atoms with Gasteiger partial charge in [0, 0.05) is 6.20 Å². The van der Waals surface area contributed by atoms with E-state index in [9.17, 15) is 9.59 Å². The van der Waals surface area contributed by atoms with E-state index < -0.39 is 0 Å². The topological polar surface area (TPSA) is 90.6 Å². The standard InChI is InChI=1S/C14H11BrN4O2/c1-7-5-9(15)12(16-6-7)17-10-4-2-3-8-11(10)14(21)19-18-13(8)20/h2-6H,1H3,(H,16,17)(H,18,20)(H,19,21). The molecule has 0 amide bonds. The molecule has 0 atom stereocenters. The Kier molecular flexibility index (Phi) is 3.34. The fraction of sp³-hybridized carbons (Fsp3) is 0.0714. The van der Waals surface area contributed by atoms with Crippen molar-refractivity contribution in [2.75, 3.05) is 5.32 Å². The number of rotatable bonds is 2. The molecule has 2 heterocycles. The number of aryl methyl sites for hydroxylation is 1. The van der Waals surface area contributed by atoms with Gasteiger partial charge in [-0.3, -0.25) is 19.8 Å². The fourth-order valence-corrected chi connectivity index (χ4v) is 2.65.